The third kappa shape index (κ3) is 4.80. The van der Waals surface area contributed by atoms with Crippen molar-refractivity contribution in [2.45, 2.75) is 19.9 Å². The molecule has 0 fully saturated rings. The summed E-state index contributed by atoms with van der Waals surface area (Å²) in [7, 11) is 1.58. The number of thiocarbonyl (C=S) groups is 1. The quantitative estimate of drug-likeness (QED) is 0.622. The Hall–Kier alpha value is -0.680. The van der Waals surface area contributed by atoms with Gasteiger partial charge in [-0.15, -0.1) is 0 Å². The van der Waals surface area contributed by atoms with Crippen molar-refractivity contribution in [2.75, 3.05) is 13.7 Å². The van der Waals surface area contributed by atoms with Crippen molar-refractivity contribution in [1.82, 2.24) is 5.32 Å². The van der Waals surface area contributed by atoms with Crippen LogP contribution in [0.15, 0.2) is 0 Å². The Morgan fingerprint density at radius 3 is 2.54 bits per heavy atom. The highest BCUT2D eigenvalue weighted by atomic mass is 32.1. The average molecular weight is 204 g/mol. The molecule has 0 aromatic heterocycles. The number of rotatable bonds is 5. The normalized spacial score (nSPS) is 14.7. The van der Waals surface area contributed by atoms with Crippen LogP contribution in [0.1, 0.15) is 13.8 Å². The van der Waals surface area contributed by atoms with E-state index < -0.39 is 5.92 Å². The van der Waals surface area contributed by atoms with Gasteiger partial charge in [-0.2, -0.15) is 0 Å². The zero-order chi connectivity index (χ0) is 10.4. The van der Waals surface area contributed by atoms with Gasteiger partial charge in [-0.25, -0.2) is 0 Å². The van der Waals surface area contributed by atoms with Crippen molar-refractivity contribution < 1.29 is 9.53 Å². The molecule has 0 saturated carbocycles. The van der Waals surface area contributed by atoms with Gasteiger partial charge in [0.2, 0.25) is 5.91 Å². The van der Waals surface area contributed by atoms with E-state index in [4.69, 9.17) is 22.7 Å². The molecule has 13 heavy (non-hydrogen) atoms. The maximum atomic E-state index is 11.3. The number of hydrogen-bond donors (Lipinski definition) is 2. The van der Waals surface area contributed by atoms with Gasteiger partial charge in [0.25, 0.3) is 0 Å². The maximum absolute atomic E-state index is 11.3. The largest absolute Gasteiger partial charge is 0.393 e. The molecule has 0 bridgehead atoms. The third-order valence-corrected chi connectivity index (χ3v) is 1.98. The number of methoxy groups -OCH3 is 1. The lowest BCUT2D eigenvalue weighted by Gasteiger charge is -2.15. The molecule has 0 saturated heterocycles. The first-order valence-electron chi connectivity index (χ1n) is 4.07. The van der Waals surface area contributed by atoms with E-state index in [1.54, 1.807) is 14.0 Å². The lowest BCUT2D eigenvalue weighted by atomic mass is 10.1. The molecule has 5 heteroatoms. The summed E-state index contributed by atoms with van der Waals surface area (Å²) in [6.45, 7) is 4.01. The Morgan fingerprint density at radius 1 is 1.62 bits per heavy atom. The molecular formula is C8H16N2O2S. The first-order chi connectivity index (χ1) is 5.99. The Bertz CT molecular complexity index is 197. The molecule has 0 aromatic carbocycles. The SMILES string of the molecule is COCC(C)NC(=O)C(C)C(N)=S. The Balaban J connectivity index is 3.92. The van der Waals surface area contributed by atoms with Crippen molar-refractivity contribution in [3.63, 3.8) is 0 Å². The monoisotopic (exact) mass is 204 g/mol. The van der Waals surface area contributed by atoms with Crippen LogP contribution in [0, 0.1) is 5.92 Å². The van der Waals surface area contributed by atoms with Crippen LogP contribution in [0.25, 0.3) is 0 Å². The lowest BCUT2D eigenvalue weighted by molar-refractivity contribution is -0.123. The first kappa shape index (κ1) is 12.3. The maximum Gasteiger partial charge on any atom is 0.229 e. The molecule has 1 amide bonds. The smallest absolute Gasteiger partial charge is 0.229 e. The highest BCUT2D eigenvalue weighted by Gasteiger charge is 2.16. The summed E-state index contributed by atoms with van der Waals surface area (Å²) < 4.78 is 4.87. The molecule has 0 radical (unpaired) electrons. The molecule has 0 aliphatic heterocycles. The molecule has 3 N–H and O–H groups in total. The molecule has 0 aliphatic carbocycles. The van der Waals surface area contributed by atoms with Gasteiger partial charge in [0.05, 0.1) is 17.5 Å². The van der Waals surface area contributed by atoms with E-state index in [0.29, 0.717) is 6.61 Å². The summed E-state index contributed by atoms with van der Waals surface area (Å²) in [6, 6.07) is -0.0192. The van der Waals surface area contributed by atoms with Gasteiger partial charge in [-0.05, 0) is 13.8 Å². The molecule has 76 valence electrons. The standard InChI is InChI=1S/C8H16N2O2S/c1-5(4-12-3)10-8(11)6(2)7(9)13/h5-6H,4H2,1-3H3,(H2,9,13)(H,10,11). The summed E-state index contributed by atoms with van der Waals surface area (Å²) in [4.78, 5) is 11.5. The van der Waals surface area contributed by atoms with Crippen LogP contribution in [-0.4, -0.2) is 30.7 Å². The minimum atomic E-state index is -0.422. The minimum absolute atomic E-state index is 0.0192. The number of nitrogens with one attached hydrogen (secondary N) is 1. The van der Waals surface area contributed by atoms with E-state index in [0.717, 1.165) is 0 Å². The molecule has 0 aromatic rings. The predicted molar refractivity (Wildman–Crippen MR) is 55.4 cm³/mol. The number of nitrogens with two attached hydrogens (primary N) is 1. The Labute approximate surface area is 83.8 Å². The highest BCUT2D eigenvalue weighted by Crippen LogP contribution is 1.96. The molecule has 0 spiro atoms. The summed E-state index contributed by atoms with van der Waals surface area (Å²) in [5.41, 5.74) is 5.33. The van der Waals surface area contributed by atoms with Crippen molar-refractivity contribution in [1.29, 1.82) is 0 Å². The predicted octanol–water partition coefficient (Wildman–Crippen LogP) is 0.0597. The fourth-order valence-electron chi connectivity index (χ4n) is 0.789. The number of amides is 1. The first-order valence-corrected chi connectivity index (χ1v) is 4.48. The van der Waals surface area contributed by atoms with Crippen LogP contribution >= 0.6 is 12.2 Å². The van der Waals surface area contributed by atoms with Gasteiger partial charge in [-0.3, -0.25) is 4.79 Å². The zero-order valence-electron chi connectivity index (χ0n) is 8.16. The molecule has 0 rings (SSSR count). The van der Waals surface area contributed by atoms with E-state index in [-0.39, 0.29) is 16.9 Å². The van der Waals surface area contributed by atoms with Crippen molar-refractivity contribution in [3.8, 4) is 0 Å². The molecule has 2 unspecified atom stereocenters. The number of ether oxygens (including phenoxy) is 1. The second-order valence-corrected chi connectivity index (χ2v) is 3.46. The number of carbonyl (C=O) groups excluding carboxylic acids is 1. The van der Waals surface area contributed by atoms with Gasteiger partial charge in [0.15, 0.2) is 0 Å². The van der Waals surface area contributed by atoms with Crippen molar-refractivity contribution >= 4 is 23.1 Å². The number of carbonyl (C=O) groups is 1. The van der Waals surface area contributed by atoms with Crippen LogP contribution in [0.4, 0.5) is 0 Å². The van der Waals surface area contributed by atoms with E-state index >= 15 is 0 Å². The second kappa shape index (κ2) is 5.88. The van der Waals surface area contributed by atoms with Crippen LogP contribution in [-0.2, 0) is 9.53 Å². The highest BCUT2D eigenvalue weighted by molar-refractivity contribution is 7.80. The van der Waals surface area contributed by atoms with E-state index in [1.807, 2.05) is 6.92 Å². The molecular weight excluding hydrogens is 188 g/mol. The van der Waals surface area contributed by atoms with Gasteiger partial charge in [0.1, 0.15) is 0 Å². The fourth-order valence-corrected chi connectivity index (χ4v) is 0.896. The van der Waals surface area contributed by atoms with Crippen LogP contribution in [0.5, 0.6) is 0 Å². The van der Waals surface area contributed by atoms with Crippen molar-refractivity contribution in [2.24, 2.45) is 11.7 Å². The van der Waals surface area contributed by atoms with E-state index in [9.17, 15) is 4.79 Å². The van der Waals surface area contributed by atoms with E-state index in [1.165, 1.54) is 0 Å². The summed E-state index contributed by atoms with van der Waals surface area (Å²) >= 11 is 4.70. The van der Waals surface area contributed by atoms with E-state index in [2.05, 4.69) is 5.32 Å². The summed E-state index contributed by atoms with van der Waals surface area (Å²) in [5, 5.41) is 2.73. The topological polar surface area (TPSA) is 64.3 Å². The van der Waals surface area contributed by atoms with Crippen LogP contribution in [0.2, 0.25) is 0 Å². The summed E-state index contributed by atoms with van der Waals surface area (Å²) in [6.07, 6.45) is 0. The molecule has 0 heterocycles. The van der Waals surface area contributed by atoms with Gasteiger partial charge < -0.3 is 15.8 Å². The van der Waals surface area contributed by atoms with Gasteiger partial charge in [-0.1, -0.05) is 12.2 Å². The third-order valence-electron chi connectivity index (χ3n) is 1.63. The molecule has 2 atom stereocenters. The van der Waals surface area contributed by atoms with Gasteiger partial charge >= 0.3 is 0 Å². The van der Waals surface area contributed by atoms with Gasteiger partial charge in [0, 0.05) is 13.2 Å². The second-order valence-electron chi connectivity index (χ2n) is 2.99. The molecule has 4 nitrogen and oxygen atoms in total. The summed E-state index contributed by atoms with van der Waals surface area (Å²) in [5.74, 6) is -0.577. The van der Waals surface area contributed by atoms with Crippen LogP contribution < -0.4 is 11.1 Å². The average Bonchev–Trinajstić information content (AvgIpc) is 2.03. The fraction of sp³-hybridized carbons (Fsp3) is 0.750. The minimum Gasteiger partial charge on any atom is -0.393 e. The Morgan fingerprint density at radius 2 is 2.15 bits per heavy atom. The van der Waals surface area contributed by atoms with Crippen LogP contribution in [0.3, 0.4) is 0 Å². The zero-order valence-corrected chi connectivity index (χ0v) is 8.98. The number of hydrogen-bond acceptors (Lipinski definition) is 3. The lowest BCUT2D eigenvalue weighted by Crippen LogP contribution is -2.42. The molecule has 0 aliphatic rings. The Kier molecular flexibility index (Phi) is 5.57. The van der Waals surface area contributed by atoms with Crippen molar-refractivity contribution in [3.05, 3.63) is 0 Å².